The molecular weight excluding hydrogens is 406 g/mol. The third kappa shape index (κ3) is 3.92. The van der Waals surface area contributed by atoms with Gasteiger partial charge in [-0.05, 0) is 29.8 Å². The first-order valence-corrected chi connectivity index (χ1v) is 10.8. The predicted molar refractivity (Wildman–Crippen MR) is 106 cm³/mol. The third-order valence-corrected chi connectivity index (χ3v) is 6.62. The Morgan fingerprint density at radius 2 is 1.87 bits per heavy atom. The van der Waals surface area contributed by atoms with E-state index in [1.165, 1.54) is 10.6 Å². The quantitative estimate of drug-likeness (QED) is 0.612. The average molecular weight is 423 g/mol. The maximum Gasteiger partial charge on any atom is 0.266 e. The largest absolute Gasteiger partial charge is 0.459 e. The Labute approximate surface area is 173 Å². The van der Waals surface area contributed by atoms with Crippen molar-refractivity contribution in [3.8, 4) is 23.8 Å². The summed E-state index contributed by atoms with van der Waals surface area (Å²) >= 11 is 0. The zero-order chi connectivity index (χ0) is 21.1. The first-order valence-electron chi connectivity index (χ1n) is 9.17. The van der Waals surface area contributed by atoms with Crippen LogP contribution in [0.25, 0.3) is 11.7 Å². The molecule has 1 fully saturated rings. The molecule has 0 atom stereocenters. The number of hydrogen-bond acceptors (Lipinski definition) is 8. The van der Waals surface area contributed by atoms with Crippen LogP contribution in [0.5, 0.6) is 0 Å². The number of nitrogens with zero attached hydrogens (tertiary/aromatic N) is 5. The Hall–Kier alpha value is -3.60. The second-order valence-electron chi connectivity index (χ2n) is 6.72. The molecule has 30 heavy (non-hydrogen) atoms. The van der Waals surface area contributed by atoms with Crippen molar-refractivity contribution in [2.75, 3.05) is 31.1 Å². The van der Waals surface area contributed by atoms with E-state index >= 15 is 0 Å². The van der Waals surface area contributed by atoms with Crippen LogP contribution in [0.1, 0.15) is 16.8 Å². The summed E-state index contributed by atoms with van der Waals surface area (Å²) < 4.78 is 38.0. The van der Waals surface area contributed by atoms with Crippen LogP contribution in [0, 0.1) is 22.7 Å². The molecule has 0 N–H and O–H groups in total. The highest BCUT2D eigenvalue weighted by Gasteiger charge is 2.30. The van der Waals surface area contributed by atoms with Gasteiger partial charge in [0.15, 0.2) is 5.76 Å². The van der Waals surface area contributed by atoms with Gasteiger partial charge in [0.25, 0.3) is 5.89 Å². The van der Waals surface area contributed by atoms with Gasteiger partial charge < -0.3 is 13.7 Å². The van der Waals surface area contributed by atoms with Crippen molar-refractivity contribution < 1.29 is 17.3 Å². The van der Waals surface area contributed by atoms with Gasteiger partial charge in [-0.2, -0.15) is 19.8 Å². The minimum Gasteiger partial charge on any atom is -0.459 e. The molecule has 1 aromatic carbocycles. The first-order chi connectivity index (χ1) is 14.5. The molecule has 2 aromatic heterocycles. The molecule has 152 valence electrons. The number of nitriles is 2. The number of oxazole rings is 1. The summed E-state index contributed by atoms with van der Waals surface area (Å²) in [6.07, 6.45) is 1.49. The number of benzene rings is 1. The van der Waals surface area contributed by atoms with E-state index in [0.29, 0.717) is 35.9 Å². The van der Waals surface area contributed by atoms with E-state index in [1.54, 1.807) is 41.3 Å². The molecule has 4 rings (SSSR count). The number of anilines is 1. The average Bonchev–Trinajstić information content (AvgIpc) is 3.43. The number of furan rings is 1. The van der Waals surface area contributed by atoms with E-state index < -0.39 is 10.0 Å². The van der Waals surface area contributed by atoms with Crippen molar-refractivity contribution in [3.63, 3.8) is 0 Å². The zero-order valence-corrected chi connectivity index (χ0v) is 16.7. The first kappa shape index (κ1) is 19.7. The number of hydrogen-bond donors (Lipinski definition) is 0. The normalized spacial score (nSPS) is 14.9. The topological polar surface area (TPSA) is 127 Å². The van der Waals surface area contributed by atoms with E-state index in [1.807, 2.05) is 12.1 Å². The molecule has 3 aromatic rings. The molecule has 0 spiro atoms. The highest BCUT2D eigenvalue weighted by molar-refractivity contribution is 7.88. The number of rotatable bonds is 5. The van der Waals surface area contributed by atoms with Crippen molar-refractivity contribution in [2.24, 2.45) is 0 Å². The molecule has 1 aliphatic heterocycles. The SMILES string of the molecule is N#Cc1cccc(CS(=O)(=O)N2CCN(c3oc(-c4ccco4)nc3C#N)CC2)c1. The fourth-order valence-corrected chi connectivity index (χ4v) is 4.81. The lowest BCUT2D eigenvalue weighted by molar-refractivity contribution is 0.373. The van der Waals surface area contributed by atoms with Crippen LogP contribution < -0.4 is 4.90 Å². The maximum absolute atomic E-state index is 12.8. The molecule has 1 aliphatic rings. The standard InChI is InChI=1S/C20H17N5O4S/c21-12-15-3-1-4-16(11-15)14-30(26,27)25-8-6-24(7-9-25)20-17(13-22)23-19(29-20)18-5-2-10-28-18/h1-5,10-11H,6-9,14H2. The van der Waals surface area contributed by atoms with Gasteiger partial charge in [-0.15, -0.1) is 0 Å². The van der Waals surface area contributed by atoms with Crippen molar-refractivity contribution >= 4 is 15.9 Å². The number of piperazine rings is 1. The zero-order valence-electron chi connectivity index (χ0n) is 15.9. The highest BCUT2D eigenvalue weighted by Crippen LogP contribution is 2.29. The van der Waals surface area contributed by atoms with E-state index in [2.05, 4.69) is 4.98 Å². The predicted octanol–water partition coefficient (Wildman–Crippen LogP) is 2.33. The monoisotopic (exact) mass is 423 g/mol. The Bertz CT molecular complexity index is 1230. The van der Waals surface area contributed by atoms with Gasteiger partial charge in [-0.1, -0.05) is 12.1 Å². The smallest absolute Gasteiger partial charge is 0.266 e. The Balaban J connectivity index is 1.46. The second kappa shape index (κ2) is 8.03. The van der Waals surface area contributed by atoms with Crippen LogP contribution >= 0.6 is 0 Å². The summed E-state index contributed by atoms with van der Waals surface area (Å²) in [4.78, 5) is 5.97. The lowest BCUT2D eigenvalue weighted by Crippen LogP contribution is -2.49. The van der Waals surface area contributed by atoms with Gasteiger partial charge in [0.1, 0.15) is 6.07 Å². The lowest BCUT2D eigenvalue weighted by atomic mass is 10.2. The number of aromatic nitrogens is 1. The van der Waals surface area contributed by atoms with E-state index in [-0.39, 0.29) is 30.4 Å². The Kier molecular flexibility index (Phi) is 5.27. The minimum absolute atomic E-state index is 0.131. The van der Waals surface area contributed by atoms with Crippen molar-refractivity contribution in [1.29, 1.82) is 10.5 Å². The van der Waals surface area contributed by atoms with Gasteiger partial charge in [0, 0.05) is 26.2 Å². The molecule has 0 saturated carbocycles. The molecule has 0 unspecified atom stereocenters. The summed E-state index contributed by atoms with van der Waals surface area (Å²) in [7, 11) is -3.54. The van der Waals surface area contributed by atoms with Gasteiger partial charge >= 0.3 is 0 Å². The van der Waals surface area contributed by atoms with Crippen LogP contribution in [0.3, 0.4) is 0 Å². The Morgan fingerprint density at radius 3 is 2.53 bits per heavy atom. The molecule has 0 bridgehead atoms. The van der Waals surface area contributed by atoms with Gasteiger partial charge in [0.2, 0.25) is 21.6 Å². The molecule has 10 heteroatoms. The van der Waals surface area contributed by atoms with Crippen LogP contribution in [0.4, 0.5) is 5.88 Å². The number of sulfonamides is 1. The van der Waals surface area contributed by atoms with Gasteiger partial charge in [0.05, 0.1) is 23.6 Å². The van der Waals surface area contributed by atoms with Crippen LogP contribution in [0.15, 0.2) is 51.5 Å². The van der Waals surface area contributed by atoms with Gasteiger partial charge in [-0.25, -0.2) is 8.42 Å². The molecule has 0 radical (unpaired) electrons. The summed E-state index contributed by atoms with van der Waals surface area (Å²) in [5.41, 5.74) is 1.13. The lowest BCUT2D eigenvalue weighted by Gasteiger charge is -2.33. The van der Waals surface area contributed by atoms with Crippen LogP contribution in [-0.2, 0) is 15.8 Å². The summed E-state index contributed by atoms with van der Waals surface area (Å²) in [6, 6.07) is 14.0. The second-order valence-corrected chi connectivity index (χ2v) is 8.69. The van der Waals surface area contributed by atoms with Gasteiger partial charge in [-0.3, -0.25) is 0 Å². The van der Waals surface area contributed by atoms with E-state index in [0.717, 1.165) is 0 Å². The Morgan fingerprint density at radius 1 is 1.07 bits per heavy atom. The maximum atomic E-state index is 12.8. The van der Waals surface area contributed by atoms with E-state index in [9.17, 15) is 13.7 Å². The van der Waals surface area contributed by atoms with E-state index in [4.69, 9.17) is 14.1 Å². The minimum atomic E-state index is -3.54. The van der Waals surface area contributed by atoms with Crippen molar-refractivity contribution in [1.82, 2.24) is 9.29 Å². The molecular formula is C20H17N5O4S. The van der Waals surface area contributed by atoms with Crippen molar-refractivity contribution in [2.45, 2.75) is 5.75 Å². The summed E-state index contributed by atoms with van der Waals surface area (Å²) in [5.74, 6) is 0.761. The summed E-state index contributed by atoms with van der Waals surface area (Å²) in [6.45, 7) is 1.22. The highest BCUT2D eigenvalue weighted by atomic mass is 32.2. The molecule has 3 heterocycles. The molecule has 0 amide bonds. The van der Waals surface area contributed by atoms with Crippen molar-refractivity contribution in [3.05, 3.63) is 59.5 Å². The van der Waals surface area contributed by atoms with Crippen LogP contribution in [-0.4, -0.2) is 43.9 Å². The fourth-order valence-electron chi connectivity index (χ4n) is 3.31. The molecule has 0 aliphatic carbocycles. The molecule has 1 saturated heterocycles. The summed E-state index contributed by atoms with van der Waals surface area (Å²) in [5, 5.41) is 18.4. The molecule has 9 nitrogen and oxygen atoms in total. The fraction of sp³-hybridized carbons (Fsp3) is 0.250. The third-order valence-electron chi connectivity index (χ3n) is 4.77. The van der Waals surface area contributed by atoms with Crippen LogP contribution in [0.2, 0.25) is 0 Å².